The third kappa shape index (κ3) is 1.70. The van der Waals surface area contributed by atoms with Gasteiger partial charge < -0.3 is 10.8 Å². The first-order valence-electron chi connectivity index (χ1n) is 5.45. The van der Waals surface area contributed by atoms with Crippen LogP contribution < -0.4 is 5.73 Å². The van der Waals surface area contributed by atoms with E-state index >= 15 is 0 Å². The van der Waals surface area contributed by atoms with E-state index in [1.54, 1.807) is 0 Å². The molecule has 2 rings (SSSR count). The van der Waals surface area contributed by atoms with Crippen molar-refractivity contribution in [1.29, 1.82) is 0 Å². The third-order valence-electron chi connectivity index (χ3n) is 3.09. The molecule has 1 atom stereocenters. The zero-order valence-electron chi connectivity index (χ0n) is 9.70. The second kappa shape index (κ2) is 3.89. The summed E-state index contributed by atoms with van der Waals surface area (Å²) in [6.07, 6.45) is 0. The van der Waals surface area contributed by atoms with Gasteiger partial charge in [0.25, 0.3) is 0 Å². The molecule has 0 aliphatic rings. The van der Waals surface area contributed by atoms with Crippen molar-refractivity contribution in [3.63, 3.8) is 0 Å². The van der Waals surface area contributed by atoms with Crippen LogP contribution in [0.3, 0.4) is 0 Å². The number of benzene rings is 2. The van der Waals surface area contributed by atoms with E-state index in [-0.39, 0.29) is 6.61 Å². The van der Waals surface area contributed by atoms with E-state index in [1.807, 2.05) is 25.1 Å². The minimum atomic E-state index is -0.687. The monoisotopic (exact) mass is 215 g/mol. The SMILES string of the molecule is Cc1ccc(C(C)(N)CO)c2ccccc12. The van der Waals surface area contributed by atoms with Crippen LogP contribution in [0.2, 0.25) is 0 Å². The average Bonchev–Trinajstić information content (AvgIpc) is 2.29. The Balaban J connectivity index is 2.77. The predicted octanol–water partition coefficient (Wildman–Crippen LogP) is 2.31. The second-order valence-electron chi connectivity index (χ2n) is 4.55. The van der Waals surface area contributed by atoms with Crippen LogP contribution in [-0.4, -0.2) is 11.7 Å². The Hall–Kier alpha value is -1.38. The lowest BCUT2D eigenvalue weighted by Gasteiger charge is -2.24. The van der Waals surface area contributed by atoms with E-state index < -0.39 is 5.54 Å². The first-order valence-corrected chi connectivity index (χ1v) is 5.45. The van der Waals surface area contributed by atoms with E-state index in [0.29, 0.717) is 0 Å². The van der Waals surface area contributed by atoms with Gasteiger partial charge in [-0.05, 0) is 35.7 Å². The fraction of sp³-hybridized carbons (Fsp3) is 0.286. The molecular weight excluding hydrogens is 198 g/mol. The van der Waals surface area contributed by atoms with Crippen molar-refractivity contribution in [2.75, 3.05) is 6.61 Å². The molecule has 0 fully saturated rings. The number of hydrogen-bond acceptors (Lipinski definition) is 2. The zero-order chi connectivity index (χ0) is 11.8. The highest BCUT2D eigenvalue weighted by Gasteiger charge is 2.22. The Morgan fingerprint density at radius 3 is 2.38 bits per heavy atom. The quantitative estimate of drug-likeness (QED) is 0.807. The summed E-state index contributed by atoms with van der Waals surface area (Å²) in [5.41, 5.74) is 7.64. The minimum Gasteiger partial charge on any atom is -0.394 e. The lowest BCUT2D eigenvalue weighted by Crippen LogP contribution is -2.37. The van der Waals surface area contributed by atoms with Gasteiger partial charge in [-0.15, -0.1) is 0 Å². The molecule has 0 heterocycles. The number of fused-ring (bicyclic) bond motifs is 1. The van der Waals surface area contributed by atoms with Gasteiger partial charge >= 0.3 is 0 Å². The second-order valence-corrected chi connectivity index (χ2v) is 4.55. The van der Waals surface area contributed by atoms with Crippen molar-refractivity contribution in [2.45, 2.75) is 19.4 Å². The van der Waals surface area contributed by atoms with Gasteiger partial charge in [0.2, 0.25) is 0 Å². The highest BCUT2D eigenvalue weighted by Crippen LogP contribution is 2.28. The van der Waals surface area contributed by atoms with Crippen LogP contribution in [0.25, 0.3) is 10.8 Å². The Morgan fingerprint density at radius 2 is 1.75 bits per heavy atom. The van der Waals surface area contributed by atoms with E-state index in [1.165, 1.54) is 10.9 Å². The van der Waals surface area contributed by atoms with E-state index in [0.717, 1.165) is 10.9 Å². The van der Waals surface area contributed by atoms with Crippen molar-refractivity contribution >= 4 is 10.8 Å². The van der Waals surface area contributed by atoms with Crippen LogP contribution in [0, 0.1) is 6.92 Å². The number of aliphatic hydroxyl groups is 1. The van der Waals surface area contributed by atoms with Gasteiger partial charge in [-0.2, -0.15) is 0 Å². The lowest BCUT2D eigenvalue weighted by atomic mass is 9.88. The molecule has 0 saturated heterocycles. The van der Waals surface area contributed by atoms with Gasteiger partial charge in [0.1, 0.15) is 0 Å². The van der Waals surface area contributed by atoms with E-state index in [2.05, 4.69) is 25.1 Å². The molecule has 1 unspecified atom stereocenters. The smallest absolute Gasteiger partial charge is 0.0650 e. The van der Waals surface area contributed by atoms with Gasteiger partial charge in [0.15, 0.2) is 0 Å². The van der Waals surface area contributed by atoms with Gasteiger partial charge in [0.05, 0.1) is 12.1 Å². The minimum absolute atomic E-state index is 0.0555. The van der Waals surface area contributed by atoms with Gasteiger partial charge in [-0.3, -0.25) is 0 Å². The summed E-state index contributed by atoms with van der Waals surface area (Å²) in [7, 11) is 0. The molecule has 2 nitrogen and oxygen atoms in total. The Bertz CT molecular complexity index is 517. The topological polar surface area (TPSA) is 46.2 Å². The van der Waals surface area contributed by atoms with E-state index in [9.17, 15) is 5.11 Å². The molecule has 0 bridgehead atoms. The van der Waals surface area contributed by atoms with Crippen molar-refractivity contribution in [3.8, 4) is 0 Å². The third-order valence-corrected chi connectivity index (χ3v) is 3.09. The standard InChI is InChI=1S/C14H17NO/c1-10-7-8-13(14(2,15)9-16)12-6-4-3-5-11(10)12/h3-8,16H,9,15H2,1-2H3. The summed E-state index contributed by atoms with van der Waals surface area (Å²) in [5, 5.41) is 11.7. The molecule has 0 radical (unpaired) electrons. The maximum absolute atomic E-state index is 9.35. The first kappa shape index (κ1) is 11.1. The highest BCUT2D eigenvalue weighted by atomic mass is 16.3. The van der Waals surface area contributed by atoms with Gasteiger partial charge in [0, 0.05) is 0 Å². The fourth-order valence-electron chi connectivity index (χ4n) is 2.03. The van der Waals surface area contributed by atoms with Crippen molar-refractivity contribution in [3.05, 3.63) is 47.5 Å². The molecule has 0 aliphatic carbocycles. The van der Waals surface area contributed by atoms with E-state index in [4.69, 9.17) is 5.73 Å². The van der Waals surface area contributed by atoms with Crippen molar-refractivity contribution in [1.82, 2.24) is 0 Å². The number of aliphatic hydroxyl groups excluding tert-OH is 1. The fourth-order valence-corrected chi connectivity index (χ4v) is 2.03. The summed E-state index contributed by atoms with van der Waals surface area (Å²) < 4.78 is 0. The van der Waals surface area contributed by atoms with Crippen LogP contribution in [0.1, 0.15) is 18.1 Å². The summed E-state index contributed by atoms with van der Waals surface area (Å²) in [5.74, 6) is 0. The van der Waals surface area contributed by atoms with Gasteiger partial charge in [-0.25, -0.2) is 0 Å². The number of nitrogens with two attached hydrogens (primary N) is 1. The van der Waals surface area contributed by atoms with Crippen LogP contribution >= 0.6 is 0 Å². The number of aryl methyl sites for hydroxylation is 1. The lowest BCUT2D eigenvalue weighted by molar-refractivity contribution is 0.211. The molecule has 3 N–H and O–H groups in total. The van der Waals surface area contributed by atoms with Crippen LogP contribution in [0.5, 0.6) is 0 Å². The highest BCUT2D eigenvalue weighted by molar-refractivity contribution is 5.89. The Labute approximate surface area is 95.7 Å². The molecular formula is C14H17NO. The zero-order valence-corrected chi connectivity index (χ0v) is 9.70. The normalized spacial score (nSPS) is 15.0. The first-order chi connectivity index (χ1) is 7.56. The van der Waals surface area contributed by atoms with Gasteiger partial charge in [-0.1, -0.05) is 36.4 Å². The number of hydrogen-bond donors (Lipinski definition) is 2. The summed E-state index contributed by atoms with van der Waals surface area (Å²) >= 11 is 0. The molecule has 16 heavy (non-hydrogen) atoms. The average molecular weight is 215 g/mol. The maximum Gasteiger partial charge on any atom is 0.0650 e. The molecule has 84 valence electrons. The van der Waals surface area contributed by atoms with Crippen molar-refractivity contribution < 1.29 is 5.11 Å². The Morgan fingerprint density at radius 1 is 1.12 bits per heavy atom. The molecule has 0 spiro atoms. The molecule has 2 aromatic carbocycles. The van der Waals surface area contributed by atoms with Crippen LogP contribution in [-0.2, 0) is 5.54 Å². The number of rotatable bonds is 2. The van der Waals surface area contributed by atoms with Crippen LogP contribution in [0.15, 0.2) is 36.4 Å². The summed E-state index contributed by atoms with van der Waals surface area (Å²) in [6, 6.07) is 12.2. The predicted molar refractivity (Wildman–Crippen MR) is 67.3 cm³/mol. The van der Waals surface area contributed by atoms with Crippen molar-refractivity contribution in [2.24, 2.45) is 5.73 Å². The molecule has 2 aromatic rings. The molecule has 2 heteroatoms. The molecule has 0 aliphatic heterocycles. The summed E-state index contributed by atoms with van der Waals surface area (Å²) in [6.45, 7) is 3.88. The maximum atomic E-state index is 9.35. The molecule has 0 aromatic heterocycles. The Kier molecular flexibility index (Phi) is 2.70. The summed E-state index contributed by atoms with van der Waals surface area (Å²) in [4.78, 5) is 0. The molecule has 0 saturated carbocycles. The molecule has 0 amide bonds. The largest absolute Gasteiger partial charge is 0.394 e. The van der Waals surface area contributed by atoms with Crippen LogP contribution in [0.4, 0.5) is 0 Å².